The highest BCUT2D eigenvalue weighted by atomic mass is 16.2. The maximum atomic E-state index is 12.2. The van der Waals surface area contributed by atoms with E-state index in [2.05, 4.69) is 10.6 Å². The lowest BCUT2D eigenvalue weighted by molar-refractivity contribution is -0.142. The summed E-state index contributed by atoms with van der Waals surface area (Å²) in [7, 11) is 1.63. The van der Waals surface area contributed by atoms with Crippen LogP contribution in [0.3, 0.4) is 0 Å². The molecule has 2 aliphatic rings. The summed E-state index contributed by atoms with van der Waals surface area (Å²) < 4.78 is 0. The summed E-state index contributed by atoms with van der Waals surface area (Å²) in [6.07, 6.45) is 0. The zero-order chi connectivity index (χ0) is 16.6. The average molecular weight is 310 g/mol. The number of carbonyl (C=O) groups excluding carboxylic acids is 4. The van der Waals surface area contributed by atoms with Gasteiger partial charge in [-0.3, -0.25) is 34.3 Å². The molecular formula is C14H22N4O4. The third kappa shape index (κ3) is 2.42. The van der Waals surface area contributed by atoms with Crippen LogP contribution in [0.2, 0.25) is 0 Å². The molecule has 0 saturated carbocycles. The molecule has 2 aliphatic heterocycles. The summed E-state index contributed by atoms with van der Waals surface area (Å²) in [6.45, 7) is 5.34. The number of amides is 4. The first-order valence-corrected chi connectivity index (χ1v) is 7.46. The Morgan fingerprint density at radius 2 is 1.36 bits per heavy atom. The maximum absolute atomic E-state index is 12.2. The van der Waals surface area contributed by atoms with E-state index in [0.29, 0.717) is 6.54 Å². The predicted molar refractivity (Wildman–Crippen MR) is 77.2 cm³/mol. The molecule has 0 spiro atoms. The molecule has 0 aromatic carbocycles. The Hall–Kier alpha value is -1.80. The largest absolute Gasteiger partial charge is 0.308 e. The van der Waals surface area contributed by atoms with E-state index in [1.165, 1.54) is 4.90 Å². The third-order valence-electron chi connectivity index (χ3n) is 4.47. The first kappa shape index (κ1) is 16.6. The van der Waals surface area contributed by atoms with E-state index in [1.807, 2.05) is 0 Å². The number of carbonyl (C=O) groups is 4. The number of rotatable bonds is 5. The number of imide groups is 2. The Morgan fingerprint density at radius 1 is 0.864 bits per heavy atom. The van der Waals surface area contributed by atoms with Gasteiger partial charge < -0.3 is 5.32 Å². The summed E-state index contributed by atoms with van der Waals surface area (Å²) >= 11 is 0. The van der Waals surface area contributed by atoms with Gasteiger partial charge in [0.2, 0.25) is 23.6 Å². The molecule has 8 heteroatoms. The summed E-state index contributed by atoms with van der Waals surface area (Å²) in [5.74, 6) is -2.08. The first-order chi connectivity index (χ1) is 10.3. The van der Waals surface area contributed by atoms with E-state index >= 15 is 0 Å². The Morgan fingerprint density at radius 3 is 1.82 bits per heavy atom. The average Bonchev–Trinajstić information content (AvgIpc) is 2.82. The van der Waals surface area contributed by atoms with Gasteiger partial charge in [-0.1, -0.05) is 13.8 Å². The highest BCUT2D eigenvalue weighted by Gasteiger charge is 2.47. The molecule has 4 amide bonds. The number of nitrogens with zero attached hydrogens (tertiary/aromatic N) is 2. The first-order valence-electron chi connectivity index (χ1n) is 7.46. The topological polar surface area (TPSA) is 98.8 Å². The number of likely N-dealkylation sites (N-methyl/N-ethyl adjacent to an activating group) is 2. The molecule has 2 rings (SSSR count). The van der Waals surface area contributed by atoms with Gasteiger partial charge in [-0.2, -0.15) is 0 Å². The van der Waals surface area contributed by atoms with Gasteiger partial charge in [0.15, 0.2) is 0 Å². The zero-order valence-electron chi connectivity index (χ0n) is 13.3. The predicted octanol–water partition coefficient (Wildman–Crippen LogP) is -1.48. The fourth-order valence-electron chi connectivity index (χ4n) is 3.05. The standard InChI is InChI=1S/C14H22N4O4/c1-5-17-11(19)8(3)10(14(17)22)16-6-18-12(20)7(2)9(15-4)13(18)21/h7-10,15-16H,5-6H2,1-4H3. The zero-order valence-corrected chi connectivity index (χ0v) is 13.3. The van der Waals surface area contributed by atoms with Crippen LogP contribution in [-0.2, 0) is 19.2 Å². The van der Waals surface area contributed by atoms with E-state index in [4.69, 9.17) is 0 Å². The van der Waals surface area contributed by atoms with E-state index in [1.54, 1.807) is 27.8 Å². The van der Waals surface area contributed by atoms with Crippen molar-refractivity contribution in [2.75, 3.05) is 20.3 Å². The molecule has 0 aromatic rings. The molecule has 8 nitrogen and oxygen atoms in total. The molecule has 2 heterocycles. The Balaban J connectivity index is 2.04. The number of hydrogen-bond donors (Lipinski definition) is 2. The fourth-order valence-corrected chi connectivity index (χ4v) is 3.05. The molecule has 4 atom stereocenters. The summed E-state index contributed by atoms with van der Waals surface area (Å²) in [5, 5.41) is 5.71. The quantitative estimate of drug-likeness (QED) is 0.601. The minimum atomic E-state index is -0.697. The minimum Gasteiger partial charge on any atom is -0.308 e. The Labute approximate surface area is 129 Å². The Bertz CT molecular complexity index is 521. The van der Waals surface area contributed by atoms with Crippen molar-refractivity contribution in [3.05, 3.63) is 0 Å². The van der Waals surface area contributed by atoms with E-state index in [-0.39, 0.29) is 30.3 Å². The van der Waals surface area contributed by atoms with Crippen LogP contribution < -0.4 is 10.6 Å². The second-order valence-electron chi connectivity index (χ2n) is 5.71. The van der Waals surface area contributed by atoms with Crippen LogP contribution in [-0.4, -0.2) is 65.8 Å². The van der Waals surface area contributed by atoms with Gasteiger partial charge in [0, 0.05) is 6.54 Å². The molecule has 22 heavy (non-hydrogen) atoms. The number of nitrogens with one attached hydrogen (secondary N) is 2. The summed E-state index contributed by atoms with van der Waals surface area (Å²) in [5.41, 5.74) is 0. The molecule has 122 valence electrons. The van der Waals surface area contributed by atoms with Crippen molar-refractivity contribution in [1.29, 1.82) is 0 Å². The van der Waals surface area contributed by atoms with Gasteiger partial charge in [-0.25, -0.2) is 0 Å². The van der Waals surface area contributed by atoms with Crippen molar-refractivity contribution in [3.8, 4) is 0 Å². The SMILES string of the molecule is CCN1C(=O)C(C)C(NCN2C(=O)C(C)C(NC)C2=O)C1=O. The van der Waals surface area contributed by atoms with Crippen molar-refractivity contribution in [1.82, 2.24) is 20.4 Å². The van der Waals surface area contributed by atoms with Crippen LogP contribution >= 0.6 is 0 Å². The van der Waals surface area contributed by atoms with Crippen LogP contribution in [0, 0.1) is 11.8 Å². The van der Waals surface area contributed by atoms with Crippen LogP contribution in [0.1, 0.15) is 20.8 Å². The Kier molecular flexibility index (Phi) is 4.62. The molecule has 2 saturated heterocycles. The summed E-state index contributed by atoms with van der Waals surface area (Å²) in [6, 6.07) is -1.24. The van der Waals surface area contributed by atoms with Gasteiger partial charge in [-0.05, 0) is 14.0 Å². The fraction of sp³-hybridized carbons (Fsp3) is 0.714. The molecule has 0 radical (unpaired) electrons. The van der Waals surface area contributed by atoms with Crippen LogP contribution in [0.5, 0.6) is 0 Å². The van der Waals surface area contributed by atoms with Crippen LogP contribution in [0.15, 0.2) is 0 Å². The van der Waals surface area contributed by atoms with Crippen molar-refractivity contribution < 1.29 is 19.2 Å². The van der Waals surface area contributed by atoms with Gasteiger partial charge in [0.1, 0.15) is 6.04 Å². The third-order valence-corrected chi connectivity index (χ3v) is 4.47. The molecule has 0 aromatic heterocycles. The van der Waals surface area contributed by atoms with Crippen molar-refractivity contribution in [2.45, 2.75) is 32.9 Å². The minimum absolute atomic E-state index is 0.0637. The van der Waals surface area contributed by atoms with Crippen molar-refractivity contribution in [2.24, 2.45) is 11.8 Å². The van der Waals surface area contributed by atoms with Gasteiger partial charge in [-0.15, -0.1) is 0 Å². The molecular weight excluding hydrogens is 288 g/mol. The molecule has 0 bridgehead atoms. The lowest BCUT2D eigenvalue weighted by Crippen LogP contribution is -2.48. The van der Waals surface area contributed by atoms with E-state index in [9.17, 15) is 19.2 Å². The second-order valence-corrected chi connectivity index (χ2v) is 5.71. The maximum Gasteiger partial charge on any atom is 0.248 e. The van der Waals surface area contributed by atoms with E-state index in [0.717, 1.165) is 4.90 Å². The molecule has 0 aliphatic carbocycles. The monoisotopic (exact) mass is 310 g/mol. The number of hydrogen-bond acceptors (Lipinski definition) is 6. The van der Waals surface area contributed by atoms with Crippen molar-refractivity contribution >= 4 is 23.6 Å². The highest BCUT2D eigenvalue weighted by molar-refractivity contribution is 6.08. The van der Waals surface area contributed by atoms with Crippen molar-refractivity contribution in [3.63, 3.8) is 0 Å². The summed E-state index contributed by atoms with van der Waals surface area (Å²) in [4.78, 5) is 50.6. The number of likely N-dealkylation sites (tertiary alicyclic amines) is 2. The normalized spacial score (nSPS) is 32.5. The molecule has 2 fully saturated rings. The van der Waals surface area contributed by atoms with Crippen LogP contribution in [0.25, 0.3) is 0 Å². The van der Waals surface area contributed by atoms with Crippen LogP contribution in [0.4, 0.5) is 0 Å². The smallest absolute Gasteiger partial charge is 0.248 e. The lowest BCUT2D eigenvalue weighted by atomic mass is 10.1. The van der Waals surface area contributed by atoms with Gasteiger partial charge >= 0.3 is 0 Å². The van der Waals surface area contributed by atoms with Gasteiger partial charge in [0.05, 0.1) is 24.5 Å². The molecule has 4 unspecified atom stereocenters. The van der Waals surface area contributed by atoms with E-state index < -0.39 is 23.9 Å². The molecule has 2 N–H and O–H groups in total. The second kappa shape index (κ2) is 6.13. The highest BCUT2D eigenvalue weighted by Crippen LogP contribution is 2.22. The van der Waals surface area contributed by atoms with Gasteiger partial charge in [0.25, 0.3) is 0 Å². The lowest BCUT2D eigenvalue weighted by Gasteiger charge is -2.20.